The zero-order chi connectivity index (χ0) is 14.4. The van der Waals surface area contributed by atoms with Gasteiger partial charge in [-0.3, -0.25) is 4.99 Å². The lowest BCUT2D eigenvalue weighted by molar-refractivity contribution is 0.315. The minimum Gasteiger partial charge on any atom is -0.492 e. The molecule has 0 aliphatic carbocycles. The molecule has 2 rings (SSSR count). The third kappa shape index (κ3) is 3.94. The third-order valence-corrected chi connectivity index (χ3v) is 3.51. The topological polar surface area (TPSA) is 21.6 Å². The van der Waals surface area contributed by atoms with Gasteiger partial charge in [-0.1, -0.05) is 25.1 Å². The van der Waals surface area contributed by atoms with E-state index in [4.69, 9.17) is 4.74 Å². The lowest BCUT2D eigenvalue weighted by atomic mass is 10.2. The third-order valence-electron chi connectivity index (χ3n) is 2.89. The van der Waals surface area contributed by atoms with Crippen LogP contribution in [0.3, 0.4) is 0 Å². The Balaban J connectivity index is 2.14. The second-order valence-electron chi connectivity index (χ2n) is 4.58. The average Bonchev–Trinajstić information content (AvgIpc) is 2.45. The first-order valence-corrected chi connectivity index (χ1v) is 7.52. The van der Waals surface area contributed by atoms with Crippen LogP contribution in [0.4, 0.5) is 5.69 Å². The molecule has 2 aromatic carbocycles. The van der Waals surface area contributed by atoms with Crippen molar-refractivity contribution in [2.45, 2.75) is 20.3 Å². The molecule has 0 amide bonds. The predicted molar refractivity (Wildman–Crippen MR) is 88.4 cm³/mol. The van der Waals surface area contributed by atoms with E-state index in [2.05, 4.69) is 40.8 Å². The number of nitrogens with zero attached hydrogens (tertiary/aromatic N) is 1. The first-order chi connectivity index (χ1) is 9.70. The molecule has 0 aliphatic heterocycles. The molecule has 2 aromatic rings. The number of hydrogen-bond donors (Lipinski definition) is 0. The first-order valence-electron chi connectivity index (χ1n) is 6.72. The van der Waals surface area contributed by atoms with Gasteiger partial charge in [-0.2, -0.15) is 0 Å². The van der Waals surface area contributed by atoms with E-state index in [0.29, 0.717) is 0 Å². The number of para-hydroxylation sites is 1. The molecule has 0 bridgehead atoms. The Kier molecular flexibility index (Phi) is 5.36. The minimum absolute atomic E-state index is 0.731. The summed E-state index contributed by atoms with van der Waals surface area (Å²) in [7, 11) is 0. The maximum absolute atomic E-state index is 5.63. The highest BCUT2D eigenvalue weighted by molar-refractivity contribution is 9.10. The van der Waals surface area contributed by atoms with E-state index in [1.54, 1.807) is 0 Å². The van der Waals surface area contributed by atoms with Crippen molar-refractivity contribution < 1.29 is 4.74 Å². The summed E-state index contributed by atoms with van der Waals surface area (Å²) < 4.78 is 6.59. The maximum atomic E-state index is 5.63. The summed E-state index contributed by atoms with van der Waals surface area (Å²) in [5.74, 6) is 0.875. The smallest absolute Gasteiger partial charge is 0.133 e. The van der Waals surface area contributed by atoms with Crippen molar-refractivity contribution in [3.8, 4) is 5.75 Å². The van der Waals surface area contributed by atoms with E-state index in [1.165, 1.54) is 5.56 Å². The number of rotatable bonds is 5. The Morgan fingerprint density at radius 3 is 2.70 bits per heavy atom. The molecule has 20 heavy (non-hydrogen) atoms. The van der Waals surface area contributed by atoms with Gasteiger partial charge in [0.1, 0.15) is 5.75 Å². The number of ether oxygens (including phenoxy) is 1. The van der Waals surface area contributed by atoms with Crippen LogP contribution in [0.15, 0.2) is 51.9 Å². The highest BCUT2D eigenvalue weighted by Gasteiger charge is 2.01. The first kappa shape index (κ1) is 14.8. The van der Waals surface area contributed by atoms with Crippen LogP contribution in [0.1, 0.15) is 24.5 Å². The molecule has 0 N–H and O–H groups in total. The van der Waals surface area contributed by atoms with Crippen LogP contribution in [0.2, 0.25) is 0 Å². The van der Waals surface area contributed by atoms with E-state index in [1.807, 2.05) is 42.6 Å². The quantitative estimate of drug-likeness (QED) is 0.681. The Hall–Kier alpha value is -1.61. The van der Waals surface area contributed by atoms with Crippen LogP contribution in [-0.4, -0.2) is 12.8 Å². The van der Waals surface area contributed by atoms with E-state index >= 15 is 0 Å². The maximum Gasteiger partial charge on any atom is 0.133 e. The molecule has 0 aliphatic rings. The zero-order valence-corrected chi connectivity index (χ0v) is 13.4. The molecule has 0 saturated heterocycles. The van der Waals surface area contributed by atoms with E-state index < -0.39 is 0 Å². The molecule has 3 heteroatoms. The molecular formula is C17H18BrNO. The predicted octanol–water partition coefficient (Wildman–Crippen LogP) is 5.30. The molecule has 2 nitrogen and oxygen atoms in total. The summed E-state index contributed by atoms with van der Waals surface area (Å²) in [6, 6.07) is 14.1. The van der Waals surface area contributed by atoms with Gasteiger partial charge in [0.25, 0.3) is 0 Å². The SMILES string of the molecule is CCCOc1ccc(C=Nc2ccccc2C)cc1Br. The Morgan fingerprint density at radius 2 is 2.00 bits per heavy atom. The summed E-state index contributed by atoms with van der Waals surface area (Å²) in [4.78, 5) is 4.52. The monoisotopic (exact) mass is 331 g/mol. The Morgan fingerprint density at radius 1 is 1.20 bits per heavy atom. The second kappa shape index (κ2) is 7.25. The second-order valence-corrected chi connectivity index (χ2v) is 5.44. The number of benzene rings is 2. The van der Waals surface area contributed by atoms with Crippen molar-refractivity contribution in [2.75, 3.05) is 6.61 Å². The van der Waals surface area contributed by atoms with Gasteiger partial charge in [-0.05, 0) is 64.7 Å². The highest BCUT2D eigenvalue weighted by atomic mass is 79.9. The number of aryl methyl sites for hydroxylation is 1. The van der Waals surface area contributed by atoms with Gasteiger partial charge in [0.05, 0.1) is 16.8 Å². The fourth-order valence-electron chi connectivity index (χ4n) is 1.78. The van der Waals surface area contributed by atoms with Crippen LogP contribution < -0.4 is 4.74 Å². The molecule has 0 spiro atoms. The lowest BCUT2D eigenvalue weighted by Crippen LogP contribution is -1.96. The summed E-state index contributed by atoms with van der Waals surface area (Å²) in [6.07, 6.45) is 2.87. The molecule has 0 atom stereocenters. The largest absolute Gasteiger partial charge is 0.492 e. The number of aliphatic imine (C=N–C) groups is 1. The molecule has 104 valence electrons. The normalized spacial score (nSPS) is 10.9. The van der Waals surface area contributed by atoms with Crippen molar-refractivity contribution in [1.29, 1.82) is 0 Å². The van der Waals surface area contributed by atoms with Crippen LogP contribution in [0, 0.1) is 6.92 Å². The van der Waals surface area contributed by atoms with Crippen LogP contribution in [0.25, 0.3) is 0 Å². The summed E-state index contributed by atoms with van der Waals surface area (Å²) in [5, 5.41) is 0. The number of halogens is 1. The molecular weight excluding hydrogens is 314 g/mol. The Bertz CT molecular complexity index is 608. The fraction of sp³-hybridized carbons (Fsp3) is 0.235. The molecule has 0 aromatic heterocycles. The standard InChI is InChI=1S/C17H18BrNO/c1-3-10-20-17-9-8-14(11-15(17)18)12-19-16-7-5-4-6-13(16)2/h4-9,11-12H,3,10H2,1-2H3. The van der Waals surface area contributed by atoms with Crippen molar-refractivity contribution in [2.24, 2.45) is 4.99 Å². The van der Waals surface area contributed by atoms with Crippen LogP contribution in [0.5, 0.6) is 5.75 Å². The van der Waals surface area contributed by atoms with E-state index in [-0.39, 0.29) is 0 Å². The summed E-state index contributed by atoms with van der Waals surface area (Å²) in [6.45, 7) is 4.89. The highest BCUT2D eigenvalue weighted by Crippen LogP contribution is 2.26. The van der Waals surface area contributed by atoms with Crippen molar-refractivity contribution >= 4 is 27.8 Å². The lowest BCUT2D eigenvalue weighted by Gasteiger charge is -2.07. The van der Waals surface area contributed by atoms with E-state index in [0.717, 1.165) is 34.5 Å². The van der Waals surface area contributed by atoms with Crippen molar-refractivity contribution in [3.63, 3.8) is 0 Å². The number of hydrogen-bond acceptors (Lipinski definition) is 2. The molecule has 0 saturated carbocycles. The molecule has 0 unspecified atom stereocenters. The van der Waals surface area contributed by atoms with Crippen molar-refractivity contribution in [3.05, 3.63) is 58.1 Å². The van der Waals surface area contributed by atoms with Gasteiger partial charge in [0.2, 0.25) is 0 Å². The van der Waals surface area contributed by atoms with Gasteiger partial charge < -0.3 is 4.74 Å². The van der Waals surface area contributed by atoms with E-state index in [9.17, 15) is 0 Å². The van der Waals surface area contributed by atoms with Gasteiger partial charge in [0, 0.05) is 6.21 Å². The van der Waals surface area contributed by atoms with Crippen molar-refractivity contribution in [1.82, 2.24) is 0 Å². The Labute approximate surface area is 128 Å². The summed E-state index contributed by atoms with van der Waals surface area (Å²) >= 11 is 3.53. The zero-order valence-electron chi connectivity index (χ0n) is 11.8. The van der Waals surface area contributed by atoms with Gasteiger partial charge >= 0.3 is 0 Å². The van der Waals surface area contributed by atoms with Crippen LogP contribution >= 0.6 is 15.9 Å². The fourth-order valence-corrected chi connectivity index (χ4v) is 2.29. The van der Waals surface area contributed by atoms with Gasteiger partial charge in [-0.25, -0.2) is 0 Å². The minimum atomic E-state index is 0.731. The van der Waals surface area contributed by atoms with Crippen LogP contribution in [-0.2, 0) is 0 Å². The van der Waals surface area contributed by atoms with Gasteiger partial charge in [0.15, 0.2) is 0 Å². The van der Waals surface area contributed by atoms with Gasteiger partial charge in [-0.15, -0.1) is 0 Å². The average molecular weight is 332 g/mol. The molecule has 0 heterocycles. The molecule has 0 radical (unpaired) electrons. The molecule has 0 fully saturated rings. The summed E-state index contributed by atoms with van der Waals surface area (Å²) in [5.41, 5.74) is 3.21.